The lowest BCUT2D eigenvalue weighted by atomic mass is 10.1. The molecule has 0 atom stereocenters. The van der Waals surface area contributed by atoms with Gasteiger partial charge in [0.1, 0.15) is 5.82 Å². The molecule has 0 bridgehead atoms. The normalized spacial score (nSPS) is 11.3. The molecule has 0 spiro atoms. The summed E-state index contributed by atoms with van der Waals surface area (Å²) >= 11 is 0. The predicted octanol–water partition coefficient (Wildman–Crippen LogP) is 4.07. The number of benzene rings is 3. The Morgan fingerprint density at radius 3 is 2.33 bits per heavy atom. The summed E-state index contributed by atoms with van der Waals surface area (Å²) < 4.78 is 14.6. The molecule has 0 radical (unpaired) electrons. The van der Waals surface area contributed by atoms with E-state index in [1.165, 1.54) is 16.8 Å². The number of para-hydroxylation sites is 2. The predicted molar refractivity (Wildman–Crippen MR) is 102 cm³/mol. The monoisotopic (exact) mass is 356 g/mol. The van der Waals surface area contributed by atoms with Crippen molar-refractivity contribution in [3.8, 4) is 17.2 Å². The Balaban J connectivity index is 1.84. The van der Waals surface area contributed by atoms with Crippen molar-refractivity contribution in [2.75, 3.05) is 0 Å². The van der Waals surface area contributed by atoms with Crippen molar-refractivity contribution in [2.24, 2.45) is 0 Å². The maximum Gasteiger partial charge on any atom is 0.282 e. The lowest BCUT2D eigenvalue weighted by Gasteiger charge is -2.09. The standard InChI is InChI=1S/C21H13FN4O/c22-14-11-9-13(10-12-14)19-15-5-1-2-6-16(15)20(27)26(25-19)21-23-17-7-3-4-8-18(17)24-21/h1-12H,(H,23,24). The number of H-pyrrole nitrogens is 1. The second-order valence-electron chi connectivity index (χ2n) is 6.20. The Bertz CT molecular complexity index is 1320. The van der Waals surface area contributed by atoms with Gasteiger partial charge in [0.05, 0.1) is 22.1 Å². The third kappa shape index (κ3) is 2.50. The highest BCUT2D eigenvalue weighted by molar-refractivity contribution is 5.93. The number of nitrogens with one attached hydrogen (secondary N) is 1. The smallest absolute Gasteiger partial charge is 0.282 e. The first-order valence-electron chi connectivity index (χ1n) is 8.44. The van der Waals surface area contributed by atoms with E-state index in [0.717, 1.165) is 16.6 Å². The van der Waals surface area contributed by atoms with Crippen molar-refractivity contribution in [3.05, 3.63) is 89.0 Å². The van der Waals surface area contributed by atoms with Crippen molar-refractivity contribution in [2.45, 2.75) is 0 Å². The SMILES string of the molecule is O=c1c2ccccc2c(-c2ccc(F)cc2)nn1-c1nc2ccccc2[nH]1. The number of aromatic nitrogens is 4. The summed E-state index contributed by atoms with van der Waals surface area (Å²) in [4.78, 5) is 20.6. The van der Waals surface area contributed by atoms with Crippen LogP contribution in [0.25, 0.3) is 39.0 Å². The van der Waals surface area contributed by atoms with Gasteiger partial charge in [-0.05, 0) is 42.5 Å². The maximum atomic E-state index is 13.4. The first-order chi connectivity index (χ1) is 13.2. The van der Waals surface area contributed by atoms with Gasteiger partial charge in [0.15, 0.2) is 0 Å². The Labute approximate surface area is 152 Å². The third-order valence-corrected chi connectivity index (χ3v) is 4.50. The van der Waals surface area contributed by atoms with Gasteiger partial charge in [0.2, 0.25) is 5.95 Å². The van der Waals surface area contributed by atoms with E-state index >= 15 is 0 Å². The van der Waals surface area contributed by atoms with Gasteiger partial charge in [-0.3, -0.25) is 4.79 Å². The number of imidazole rings is 1. The second kappa shape index (κ2) is 5.88. The lowest BCUT2D eigenvalue weighted by molar-refractivity contribution is 0.628. The molecule has 5 rings (SSSR count). The Kier molecular flexibility index (Phi) is 3.36. The van der Waals surface area contributed by atoms with Crippen molar-refractivity contribution in [1.82, 2.24) is 19.7 Å². The van der Waals surface area contributed by atoms with E-state index in [-0.39, 0.29) is 11.4 Å². The molecule has 5 aromatic rings. The van der Waals surface area contributed by atoms with Crippen LogP contribution >= 0.6 is 0 Å². The number of halogens is 1. The molecule has 0 amide bonds. The largest absolute Gasteiger partial charge is 0.322 e. The van der Waals surface area contributed by atoms with Crippen LogP contribution in [0.3, 0.4) is 0 Å². The summed E-state index contributed by atoms with van der Waals surface area (Å²) in [5, 5.41) is 5.78. The minimum absolute atomic E-state index is 0.268. The summed E-state index contributed by atoms with van der Waals surface area (Å²) in [6, 6.07) is 20.8. The van der Waals surface area contributed by atoms with E-state index in [2.05, 4.69) is 15.1 Å². The number of fused-ring (bicyclic) bond motifs is 2. The van der Waals surface area contributed by atoms with Crippen LogP contribution in [0.1, 0.15) is 0 Å². The summed E-state index contributed by atoms with van der Waals surface area (Å²) in [6.07, 6.45) is 0. The average Bonchev–Trinajstić information content (AvgIpc) is 3.13. The van der Waals surface area contributed by atoms with Gasteiger partial charge < -0.3 is 4.98 Å². The van der Waals surface area contributed by atoms with E-state index in [4.69, 9.17) is 0 Å². The topological polar surface area (TPSA) is 63.6 Å². The summed E-state index contributed by atoms with van der Waals surface area (Å²) in [7, 11) is 0. The number of rotatable bonds is 2. The highest BCUT2D eigenvalue weighted by Gasteiger charge is 2.15. The summed E-state index contributed by atoms with van der Waals surface area (Å²) in [5.74, 6) is 0.0176. The van der Waals surface area contributed by atoms with Crippen LogP contribution < -0.4 is 5.56 Å². The van der Waals surface area contributed by atoms with Gasteiger partial charge in [-0.25, -0.2) is 9.37 Å². The molecule has 0 aliphatic rings. The van der Waals surface area contributed by atoms with Gasteiger partial charge in [0.25, 0.3) is 5.56 Å². The highest BCUT2D eigenvalue weighted by atomic mass is 19.1. The fraction of sp³-hybridized carbons (Fsp3) is 0. The molecule has 0 saturated heterocycles. The third-order valence-electron chi connectivity index (χ3n) is 4.50. The van der Waals surface area contributed by atoms with Crippen LogP contribution in [-0.4, -0.2) is 19.7 Å². The molecule has 27 heavy (non-hydrogen) atoms. The minimum atomic E-state index is -0.325. The Hall–Kier alpha value is -3.80. The van der Waals surface area contributed by atoms with Crippen LogP contribution in [-0.2, 0) is 0 Å². The molecule has 0 aliphatic carbocycles. The molecule has 2 aromatic heterocycles. The molecule has 0 saturated carbocycles. The number of aromatic amines is 1. The van der Waals surface area contributed by atoms with Crippen LogP contribution in [0.4, 0.5) is 4.39 Å². The lowest BCUT2D eigenvalue weighted by Crippen LogP contribution is -2.23. The summed E-state index contributed by atoms with van der Waals surface area (Å²) in [6.45, 7) is 0. The number of hydrogen-bond acceptors (Lipinski definition) is 3. The average molecular weight is 356 g/mol. The second-order valence-corrected chi connectivity index (χ2v) is 6.20. The van der Waals surface area contributed by atoms with Gasteiger partial charge in [-0.2, -0.15) is 9.78 Å². The van der Waals surface area contributed by atoms with Crippen LogP contribution in [0.2, 0.25) is 0 Å². The van der Waals surface area contributed by atoms with Crippen LogP contribution in [0.5, 0.6) is 0 Å². The minimum Gasteiger partial charge on any atom is -0.322 e. The first kappa shape index (κ1) is 15.5. The van der Waals surface area contributed by atoms with Crippen molar-refractivity contribution in [1.29, 1.82) is 0 Å². The molecule has 3 aromatic carbocycles. The summed E-state index contributed by atoms with van der Waals surface area (Å²) in [5.41, 5.74) is 2.61. The molecule has 2 heterocycles. The molecule has 1 N–H and O–H groups in total. The zero-order valence-electron chi connectivity index (χ0n) is 14.1. The van der Waals surface area contributed by atoms with E-state index in [0.29, 0.717) is 22.4 Å². The van der Waals surface area contributed by atoms with Crippen molar-refractivity contribution < 1.29 is 4.39 Å². The molecule has 0 fully saturated rings. The molecule has 0 aliphatic heterocycles. The molecule has 130 valence electrons. The zero-order valence-corrected chi connectivity index (χ0v) is 14.1. The molecule has 6 heteroatoms. The number of nitrogens with zero attached hydrogens (tertiary/aromatic N) is 3. The molecular weight excluding hydrogens is 343 g/mol. The van der Waals surface area contributed by atoms with E-state index in [9.17, 15) is 9.18 Å². The zero-order chi connectivity index (χ0) is 18.4. The van der Waals surface area contributed by atoms with E-state index < -0.39 is 0 Å². The van der Waals surface area contributed by atoms with Crippen molar-refractivity contribution in [3.63, 3.8) is 0 Å². The Morgan fingerprint density at radius 1 is 0.852 bits per heavy atom. The van der Waals surface area contributed by atoms with Crippen LogP contribution in [0, 0.1) is 5.82 Å². The first-order valence-corrected chi connectivity index (χ1v) is 8.44. The highest BCUT2D eigenvalue weighted by Crippen LogP contribution is 2.25. The molecular formula is C21H13FN4O. The van der Waals surface area contributed by atoms with Crippen molar-refractivity contribution >= 4 is 21.8 Å². The Morgan fingerprint density at radius 2 is 1.56 bits per heavy atom. The fourth-order valence-corrected chi connectivity index (χ4v) is 3.19. The van der Waals surface area contributed by atoms with E-state index in [1.54, 1.807) is 24.3 Å². The van der Waals surface area contributed by atoms with Gasteiger partial charge in [-0.15, -0.1) is 0 Å². The number of hydrogen-bond donors (Lipinski definition) is 1. The van der Waals surface area contributed by atoms with Gasteiger partial charge in [0, 0.05) is 10.9 Å². The quantitative estimate of drug-likeness (QED) is 0.519. The van der Waals surface area contributed by atoms with Gasteiger partial charge in [-0.1, -0.05) is 30.3 Å². The molecule has 5 nitrogen and oxygen atoms in total. The fourth-order valence-electron chi connectivity index (χ4n) is 3.19. The molecule has 0 unspecified atom stereocenters. The van der Waals surface area contributed by atoms with E-state index in [1.807, 2.05) is 36.4 Å². The van der Waals surface area contributed by atoms with Gasteiger partial charge >= 0.3 is 0 Å². The van der Waals surface area contributed by atoms with Crippen LogP contribution in [0.15, 0.2) is 77.6 Å². The maximum absolute atomic E-state index is 13.4.